The molecule has 1 N–H and O–H groups in total. The first-order chi connectivity index (χ1) is 12.7. The number of aryl methyl sites for hydroxylation is 1. The molecule has 0 radical (unpaired) electrons. The average molecular weight is 353 g/mol. The maximum atomic E-state index is 11.5. The molecule has 1 aliphatic rings. The molecule has 0 aromatic carbocycles. The minimum Gasteiger partial charge on any atom is -0.619 e. The number of hydrogen-bond acceptors (Lipinski definition) is 6. The molecule has 26 heavy (non-hydrogen) atoms. The first-order valence-corrected chi connectivity index (χ1v) is 9.16. The molecular weight excluding hydrogens is 330 g/mol. The fourth-order valence-corrected chi connectivity index (χ4v) is 3.30. The molecule has 3 aromatic heterocycles. The van der Waals surface area contributed by atoms with Crippen LogP contribution >= 0.6 is 0 Å². The van der Waals surface area contributed by atoms with Gasteiger partial charge in [-0.3, -0.25) is 0 Å². The van der Waals surface area contributed by atoms with Gasteiger partial charge in [0.05, 0.1) is 6.20 Å². The lowest BCUT2D eigenvalue weighted by atomic mass is 10.1. The van der Waals surface area contributed by atoms with Gasteiger partial charge in [0, 0.05) is 36.8 Å². The molecule has 0 bridgehead atoms. The number of pyridine rings is 1. The zero-order valence-electron chi connectivity index (χ0n) is 14.9. The maximum absolute atomic E-state index is 11.5. The van der Waals surface area contributed by atoms with E-state index in [0.717, 1.165) is 47.0 Å². The lowest BCUT2D eigenvalue weighted by molar-refractivity contribution is -0.605. The molecule has 0 atom stereocenters. The normalized spacial score (nSPS) is 14.7. The Bertz CT molecular complexity index is 902. The summed E-state index contributed by atoms with van der Waals surface area (Å²) < 4.78 is 2.55. The predicted octanol–water partition coefficient (Wildman–Crippen LogP) is 1.92. The standard InChI is InChI=1S/C18H23N7O/c1-2-15-12-20-25-16(15)21-18(23-8-4-3-5-9-23)22-17(25)19-11-14-7-6-10-24(26)13-14/h6-7,10,12-13H,2-5,8-9,11H2,1H3,(H,19,21,22). The van der Waals surface area contributed by atoms with Crippen LogP contribution in [0.2, 0.25) is 0 Å². The van der Waals surface area contributed by atoms with Gasteiger partial charge < -0.3 is 15.4 Å². The van der Waals surface area contributed by atoms with Gasteiger partial charge in [-0.25, -0.2) is 0 Å². The quantitative estimate of drug-likeness (QED) is 0.557. The summed E-state index contributed by atoms with van der Waals surface area (Å²) in [6, 6.07) is 3.65. The smallest absolute Gasteiger partial charge is 0.230 e. The molecule has 0 aliphatic carbocycles. The summed E-state index contributed by atoms with van der Waals surface area (Å²) >= 11 is 0. The van der Waals surface area contributed by atoms with E-state index in [2.05, 4.69) is 22.2 Å². The Balaban J connectivity index is 1.68. The van der Waals surface area contributed by atoms with Crippen molar-refractivity contribution in [2.45, 2.75) is 39.2 Å². The van der Waals surface area contributed by atoms with Crippen LogP contribution in [0.1, 0.15) is 37.3 Å². The minimum atomic E-state index is 0.496. The van der Waals surface area contributed by atoms with E-state index in [0.29, 0.717) is 12.5 Å². The van der Waals surface area contributed by atoms with Gasteiger partial charge in [0.2, 0.25) is 11.9 Å². The summed E-state index contributed by atoms with van der Waals surface area (Å²) in [6.07, 6.45) is 9.35. The van der Waals surface area contributed by atoms with Crippen molar-refractivity contribution in [3.8, 4) is 0 Å². The highest BCUT2D eigenvalue weighted by atomic mass is 16.5. The highest BCUT2D eigenvalue weighted by molar-refractivity contribution is 5.55. The second kappa shape index (κ2) is 7.15. The fourth-order valence-electron chi connectivity index (χ4n) is 3.30. The van der Waals surface area contributed by atoms with Crippen LogP contribution in [0, 0.1) is 5.21 Å². The third-order valence-electron chi connectivity index (χ3n) is 4.74. The number of nitrogens with zero attached hydrogens (tertiary/aromatic N) is 6. The van der Waals surface area contributed by atoms with Crippen molar-refractivity contribution >= 4 is 17.5 Å². The number of anilines is 2. The molecule has 4 rings (SSSR count). The van der Waals surface area contributed by atoms with Gasteiger partial charge in [0.25, 0.3) is 0 Å². The van der Waals surface area contributed by atoms with Crippen LogP contribution in [0.15, 0.2) is 30.7 Å². The van der Waals surface area contributed by atoms with Crippen LogP contribution in [-0.2, 0) is 13.0 Å². The summed E-state index contributed by atoms with van der Waals surface area (Å²) in [7, 11) is 0. The lowest BCUT2D eigenvalue weighted by Gasteiger charge is -2.27. The molecule has 3 aromatic rings. The lowest BCUT2D eigenvalue weighted by Crippen LogP contribution is -2.31. The van der Waals surface area contributed by atoms with E-state index >= 15 is 0 Å². The zero-order chi connectivity index (χ0) is 17.9. The molecule has 1 fully saturated rings. The van der Waals surface area contributed by atoms with Gasteiger partial charge in [-0.2, -0.15) is 24.3 Å². The van der Waals surface area contributed by atoms with Gasteiger partial charge in [-0.1, -0.05) is 6.92 Å². The third-order valence-corrected chi connectivity index (χ3v) is 4.74. The number of nitrogens with one attached hydrogen (secondary N) is 1. The van der Waals surface area contributed by atoms with E-state index in [9.17, 15) is 5.21 Å². The van der Waals surface area contributed by atoms with E-state index in [1.165, 1.54) is 25.5 Å². The van der Waals surface area contributed by atoms with Crippen molar-refractivity contribution < 1.29 is 4.73 Å². The van der Waals surface area contributed by atoms with Crippen LogP contribution in [0.25, 0.3) is 5.65 Å². The van der Waals surface area contributed by atoms with Crippen molar-refractivity contribution in [1.82, 2.24) is 19.6 Å². The first-order valence-electron chi connectivity index (χ1n) is 9.16. The Kier molecular flexibility index (Phi) is 4.55. The SMILES string of the molecule is CCc1cnn2c(NCc3ccc[n+]([O-])c3)nc(N3CCCCC3)nc12. The zero-order valence-corrected chi connectivity index (χ0v) is 14.9. The summed E-state index contributed by atoms with van der Waals surface area (Å²) in [6.45, 7) is 4.57. The number of rotatable bonds is 5. The van der Waals surface area contributed by atoms with Crippen molar-refractivity contribution in [2.75, 3.05) is 23.3 Å². The van der Waals surface area contributed by atoms with Gasteiger partial charge in [-0.05, 0) is 31.7 Å². The van der Waals surface area contributed by atoms with Crippen molar-refractivity contribution in [1.29, 1.82) is 0 Å². The van der Waals surface area contributed by atoms with E-state index in [1.54, 1.807) is 16.8 Å². The van der Waals surface area contributed by atoms with E-state index < -0.39 is 0 Å². The topological polar surface area (TPSA) is 85.3 Å². The Labute approximate surface area is 152 Å². The Morgan fingerprint density at radius 1 is 1.23 bits per heavy atom. The monoisotopic (exact) mass is 353 g/mol. The Morgan fingerprint density at radius 2 is 2.08 bits per heavy atom. The van der Waals surface area contributed by atoms with Gasteiger partial charge in [0.15, 0.2) is 18.0 Å². The largest absolute Gasteiger partial charge is 0.619 e. The number of aromatic nitrogens is 5. The molecule has 0 spiro atoms. The van der Waals surface area contributed by atoms with Crippen LogP contribution in [-0.4, -0.2) is 32.7 Å². The second-order valence-electron chi connectivity index (χ2n) is 6.58. The molecule has 1 saturated heterocycles. The molecule has 4 heterocycles. The number of hydrogen-bond donors (Lipinski definition) is 1. The third kappa shape index (κ3) is 3.26. The highest BCUT2D eigenvalue weighted by Gasteiger charge is 2.18. The van der Waals surface area contributed by atoms with Crippen LogP contribution < -0.4 is 14.9 Å². The van der Waals surface area contributed by atoms with Crippen LogP contribution in [0.3, 0.4) is 0 Å². The van der Waals surface area contributed by atoms with Gasteiger partial charge in [-0.15, -0.1) is 0 Å². The average Bonchev–Trinajstić information content (AvgIpc) is 3.10. The molecule has 136 valence electrons. The summed E-state index contributed by atoms with van der Waals surface area (Å²) in [5.41, 5.74) is 2.83. The first kappa shape index (κ1) is 16.6. The molecular formula is C18H23N7O. The van der Waals surface area contributed by atoms with E-state index in [-0.39, 0.29) is 0 Å². The predicted molar refractivity (Wildman–Crippen MR) is 99.0 cm³/mol. The fraction of sp³-hybridized carbons (Fsp3) is 0.444. The Morgan fingerprint density at radius 3 is 2.85 bits per heavy atom. The molecule has 0 saturated carbocycles. The molecule has 0 amide bonds. The van der Waals surface area contributed by atoms with Gasteiger partial charge in [0.1, 0.15) is 0 Å². The van der Waals surface area contributed by atoms with E-state index in [4.69, 9.17) is 9.97 Å². The van der Waals surface area contributed by atoms with Crippen LogP contribution in [0.4, 0.5) is 11.9 Å². The molecule has 8 nitrogen and oxygen atoms in total. The minimum absolute atomic E-state index is 0.496. The van der Waals surface area contributed by atoms with E-state index in [1.807, 2.05) is 12.3 Å². The Hall–Kier alpha value is -2.90. The van der Waals surface area contributed by atoms with Crippen molar-refractivity contribution in [3.63, 3.8) is 0 Å². The number of fused-ring (bicyclic) bond motifs is 1. The molecule has 0 unspecified atom stereocenters. The second-order valence-corrected chi connectivity index (χ2v) is 6.58. The highest BCUT2D eigenvalue weighted by Crippen LogP contribution is 2.21. The molecule has 8 heteroatoms. The van der Waals surface area contributed by atoms with Crippen molar-refractivity contribution in [2.24, 2.45) is 0 Å². The van der Waals surface area contributed by atoms with Crippen LogP contribution in [0.5, 0.6) is 0 Å². The summed E-state index contributed by atoms with van der Waals surface area (Å²) in [5.74, 6) is 1.40. The maximum Gasteiger partial charge on any atom is 0.230 e. The van der Waals surface area contributed by atoms with Gasteiger partial charge >= 0.3 is 0 Å². The summed E-state index contributed by atoms with van der Waals surface area (Å²) in [5, 5.41) is 19.2. The van der Waals surface area contributed by atoms with Crippen molar-refractivity contribution in [3.05, 3.63) is 47.1 Å². The summed E-state index contributed by atoms with van der Waals surface area (Å²) in [4.78, 5) is 11.8. The number of piperidine rings is 1. The molecule has 1 aliphatic heterocycles.